The zero-order chi connectivity index (χ0) is 19.5. The predicted molar refractivity (Wildman–Crippen MR) is 104 cm³/mol. The van der Waals surface area contributed by atoms with E-state index in [1.54, 1.807) is 23.2 Å². The molecule has 1 N–H and O–H groups in total. The zero-order valence-electron chi connectivity index (χ0n) is 15.8. The third-order valence-electron chi connectivity index (χ3n) is 4.87. The molecule has 28 heavy (non-hydrogen) atoms. The fourth-order valence-electron chi connectivity index (χ4n) is 2.99. The maximum Gasteiger partial charge on any atom is 0.414 e. The third-order valence-corrected chi connectivity index (χ3v) is 4.87. The number of aromatic nitrogens is 1. The average molecular weight is 381 g/mol. The molecular formula is C21H23N3O4. The third kappa shape index (κ3) is 4.42. The number of hydrogen-bond acceptors (Lipinski definition) is 5. The standard InChI is InChI=1S/C21H23N3O4/c1-14-2-6-17(7-3-14)24-12-18(28-21(24)26)11-23-20(25)16-8-9-22-19(10-16)27-13-15-4-5-15/h2-3,6-10,15,18H,4-5,11-13H2,1H3,(H,23,25). The van der Waals surface area contributed by atoms with Gasteiger partial charge in [-0.05, 0) is 43.9 Å². The molecule has 2 aromatic rings. The van der Waals surface area contributed by atoms with Crippen LogP contribution in [-0.2, 0) is 4.74 Å². The van der Waals surface area contributed by atoms with Crippen molar-refractivity contribution in [2.75, 3.05) is 24.6 Å². The summed E-state index contributed by atoms with van der Waals surface area (Å²) in [5, 5.41) is 2.82. The number of carbonyl (C=O) groups excluding carboxylic acids is 2. The fourth-order valence-corrected chi connectivity index (χ4v) is 2.99. The van der Waals surface area contributed by atoms with Gasteiger partial charge in [-0.3, -0.25) is 9.69 Å². The topological polar surface area (TPSA) is 80.8 Å². The lowest BCUT2D eigenvalue weighted by Crippen LogP contribution is -2.34. The van der Waals surface area contributed by atoms with E-state index in [0.29, 0.717) is 30.5 Å². The summed E-state index contributed by atoms with van der Waals surface area (Å²) in [6, 6.07) is 10.9. The minimum atomic E-state index is -0.400. The number of aryl methyl sites for hydroxylation is 1. The van der Waals surface area contributed by atoms with Crippen molar-refractivity contribution >= 4 is 17.7 Å². The highest BCUT2D eigenvalue weighted by Crippen LogP contribution is 2.29. The number of nitrogens with one attached hydrogen (secondary N) is 1. The number of ether oxygens (including phenoxy) is 2. The second-order valence-electron chi connectivity index (χ2n) is 7.30. The van der Waals surface area contributed by atoms with E-state index in [0.717, 1.165) is 11.3 Å². The molecule has 2 aliphatic rings. The van der Waals surface area contributed by atoms with Gasteiger partial charge in [0.25, 0.3) is 5.91 Å². The fraction of sp³-hybridized carbons (Fsp3) is 0.381. The molecule has 0 radical (unpaired) electrons. The Balaban J connectivity index is 1.30. The Morgan fingerprint density at radius 3 is 2.82 bits per heavy atom. The van der Waals surface area contributed by atoms with Crippen molar-refractivity contribution in [3.8, 4) is 5.88 Å². The van der Waals surface area contributed by atoms with Crippen molar-refractivity contribution in [1.29, 1.82) is 0 Å². The van der Waals surface area contributed by atoms with Crippen molar-refractivity contribution in [3.63, 3.8) is 0 Å². The van der Waals surface area contributed by atoms with Crippen molar-refractivity contribution in [1.82, 2.24) is 10.3 Å². The first kappa shape index (κ1) is 18.3. The van der Waals surface area contributed by atoms with Crippen LogP contribution in [0.2, 0.25) is 0 Å². The van der Waals surface area contributed by atoms with E-state index >= 15 is 0 Å². The monoisotopic (exact) mass is 381 g/mol. The molecule has 1 aromatic heterocycles. The van der Waals surface area contributed by atoms with Gasteiger partial charge in [-0.25, -0.2) is 9.78 Å². The molecule has 7 nitrogen and oxygen atoms in total. The molecule has 2 fully saturated rings. The summed E-state index contributed by atoms with van der Waals surface area (Å²) in [4.78, 5) is 30.3. The summed E-state index contributed by atoms with van der Waals surface area (Å²) in [6.45, 7) is 3.28. The minimum absolute atomic E-state index is 0.244. The molecule has 4 rings (SSSR count). The van der Waals surface area contributed by atoms with E-state index in [1.165, 1.54) is 12.8 Å². The van der Waals surface area contributed by atoms with E-state index in [9.17, 15) is 9.59 Å². The molecular weight excluding hydrogens is 358 g/mol. The lowest BCUT2D eigenvalue weighted by molar-refractivity contribution is 0.0915. The minimum Gasteiger partial charge on any atom is -0.477 e. The van der Waals surface area contributed by atoms with Crippen LogP contribution in [0.5, 0.6) is 5.88 Å². The largest absolute Gasteiger partial charge is 0.477 e. The Labute approximate surface area is 163 Å². The molecule has 1 aromatic carbocycles. The van der Waals surface area contributed by atoms with Gasteiger partial charge in [0.2, 0.25) is 5.88 Å². The van der Waals surface area contributed by atoms with Gasteiger partial charge in [0.1, 0.15) is 6.10 Å². The lowest BCUT2D eigenvalue weighted by atomic mass is 10.2. The van der Waals surface area contributed by atoms with Crippen molar-refractivity contribution in [2.45, 2.75) is 25.9 Å². The Kier molecular flexibility index (Phi) is 5.14. The number of rotatable bonds is 7. The van der Waals surface area contributed by atoms with Crippen LogP contribution in [0.4, 0.5) is 10.5 Å². The molecule has 7 heteroatoms. The molecule has 1 saturated carbocycles. The number of hydrogen-bond donors (Lipinski definition) is 1. The van der Waals surface area contributed by atoms with Crippen LogP contribution in [0.3, 0.4) is 0 Å². The van der Waals surface area contributed by atoms with Gasteiger partial charge in [-0.1, -0.05) is 17.7 Å². The highest BCUT2D eigenvalue weighted by atomic mass is 16.6. The van der Waals surface area contributed by atoms with Crippen LogP contribution in [-0.4, -0.2) is 42.8 Å². The van der Waals surface area contributed by atoms with Gasteiger partial charge in [-0.15, -0.1) is 0 Å². The van der Waals surface area contributed by atoms with Crippen LogP contribution in [0.1, 0.15) is 28.8 Å². The lowest BCUT2D eigenvalue weighted by Gasteiger charge is -2.13. The Hall–Kier alpha value is -3.09. The summed E-state index contributed by atoms with van der Waals surface area (Å²) in [6.07, 6.45) is 3.15. The normalized spacial score (nSPS) is 18.7. The summed E-state index contributed by atoms with van der Waals surface area (Å²) in [5.41, 5.74) is 2.38. The first-order valence-electron chi connectivity index (χ1n) is 9.50. The van der Waals surface area contributed by atoms with Crippen molar-refractivity contribution < 1.29 is 19.1 Å². The molecule has 0 bridgehead atoms. The first-order valence-corrected chi connectivity index (χ1v) is 9.50. The SMILES string of the molecule is Cc1ccc(N2CC(CNC(=O)c3ccnc(OCC4CC4)c3)OC2=O)cc1. The van der Waals surface area contributed by atoms with E-state index in [-0.39, 0.29) is 12.5 Å². The van der Waals surface area contributed by atoms with E-state index in [4.69, 9.17) is 9.47 Å². The van der Waals surface area contributed by atoms with Gasteiger partial charge >= 0.3 is 6.09 Å². The van der Waals surface area contributed by atoms with Crippen LogP contribution in [0, 0.1) is 12.8 Å². The van der Waals surface area contributed by atoms with Gasteiger partial charge in [0.15, 0.2) is 0 Å². The van der Waals surface area contributed by atoms with Gasteiger partial charge in [0, 0.05) is 23.5 Å². The molecule has 1 aliphatic heterocycles. The molecule has 2 heterocycles. The maximum absolute atomic E-state index is 12.4. The smallest absolute Gasteiger partial charge is 0.414 e. The van der Waals surface area contributed by atoms with Crippen LogP contribution in [0.15, 0.2) is 42.6 Å². The molecule has 1 unspecified atom stereocenters. The molecule has 1 saturated heterocycles. The summed E-state index contributed by atoms with van der Waals surface area (Å²) in [7, 11) is 0. The van der Waals surface area contributed by atoms with Crippen molar-refractivity contribution in [2.24, 2.45) is 5.92 Å². The van der Waals surface area contributed by atoms with Crippen LogP contribution < -0.4 is 15.0 Å². The number of carbonyl (C=O) groups is 2. The Bertz CT molecular complexity index is 864. The number of cyclic esters (lactones) is 1. The molecule has 1 atom stereocenters. The van der Waals surface area contributed by atoms with Gasteiger partial charge < -0.3 is 14.8 Å². The second-order valence-corrected chi connectivity index (χ2v) is 7.30. The summed E-state index contributed by atoms with van der Waals surface area (Å²) in [5.74, 6) is 0.828. The quantitative estimate of drug-likeness (QED) is 0.798. The summed E-state index contributed by atoms with van der Waals surface area (Å²) < 4.78 is 11.0. The highest BCUT2D eigenvalue weighted by molar-refractivity contribution is 5.94. The Morgan fingerprint density at radius 1 is 1.29 bits per heavy atom. The number of amides is 2. The number of benzene rings is 1. The Morgan fingerprint density at radius 2 is 2.07 bits per heavy atom. The average Bonchev–Trinajstić information content (AvgIpc) is 3.47. The highest BCUT2D eigenvalue weighted by Gasteiger charge is 2.32. The van der Waals surface area contributed by atoms with E-state index < -0.39 is 12.2 Å². The van der Waals surface area contributed by atoms with E-state index in [1.807, 2.05) is 31.2 Å². The molecule has 0 spiro atoms. The zero-order valence-corrected chi connectivity index (χ0v) is 15.8. The first-order chi connectivity index (χ1) is 13.6. The van der Waals surface area contributed by atoms with Crippen molar-refractivity contribution in [3.05, 3.63) is 53.7 Å². The summed E-state index contributed by atoms with van der Waals surface area (Å²) >= 11 is 0. The number of anilines is 1. The second kappa shape index (κ2) is 7.88. The number of nitrogens with zero attached hydrogens (tertiary/aromatic N) is 2. The molecule has 146 valence electrons. The van der Waals surface area contributed by atoms with Gasteiger partial charge in [-0.2, -0.15) is 0 Å². The van der Waals surface area contributed by atoms with E-state index in [2.05, 4.69) is 10.3 Å². The maximum atomic E-state index is 12.4. The number of pyridine rings is 1. The molecule has 1 aliphatic carbocycles. The van der Waals surface area contributed by atoms with Crippen LogP contribution >= 0.6 is 0 Å². The molecule has 2 amide bonds. The predicted octanol–water partition coefficient (Wildman–Crippen LogP) is 2.93. The van der Waals surface area contributed by atoms with Crippen LogP contribution in [0.25, 0.3) is 0 Å². The van der Waals surface area contributed by atoms with Gasteiger partial charge in [0.05, 0.1) is 19.7 Å².